The van der Waals surface area contributed by atoms with Gasteiger partial charge in [0.1, 0.15) is 6.10 Å². The number of anilines is 1. The third-order valence-corrected chi connectivity index (χ3v) is 7.63. The van der Waals surface area contributed by atoms with Gasteiger partial charge in [-0.05, 0) is 74.0 Å². The minimum absolute atomic E-state index is 0.00725. The number of ether oxygens (including phenoxy) is 1. The number of amides is 1. The zero-order chi connectivity index (χ0) is 18.6. The van der Waals surface area contributed by atoms with E-state index in [1.165, 1.54) is 30.5 Å². The van der Waals surface area contributed by atoms with Crippen molar-refractivity contribution in [3.05, 3.63) is 29.8 Å². The lowest BCUT2D eigenvalue weighted by molar-refractivity contribution is -0.164. The fraction of sp³-hybridized carbons (Fsp3) is 0.696. The van der Waals surface area contributed by atoms with Crippen LogP contribution in [0.4, 0.5) is 5.69 Å². The van der Waals surface area contributed by atoms with Gasteiger partial charge in [0.15, 0.2) is 0 Å². The summed E-state index contributed by atoms with van der Waals surface area (Å²) in [5, 5.41) is 0. The molecule has 5 aliphatic rings. The Labute approximate surface area is 162 Å². The van der Waals surface area contributed by atoms with E-state index in [4.69, 9.17) is 4.74 Å². The van der Waals surface area contributed by atoms with Crippen molar-refractivity contribution in [3.63, 3.8) is 0 Å². The summed E-state index contributed by atoms with van der Waals surface area (Å²) < 4.78 is 6.06. The number of rotatable bonds is 3. The number of carbonyl (C=O) groups excluding carboxylic acids is 1. The van der Waals surface area contributed by atoms with Gasteiger partial charge in [-0.15, -0.1) is 0 Å². The minimum Gasteiger partial charge on any atom is -0.378 e. The predicted molar refractivity (Wildman–Crippen MR) is 107 cm³/mol. The van der Waals surface area contributed by atoms with Crippen molar-refractivity contribution < 1.29 is 9.53 Å². The van der Waals surface area contributed by atoms with E-state index in [2.05, 4.69) is 48.2 Å². The van der Waals surface area contributed by atoms with Crippen LogP contribution in [-0.2, 0) is 9.53 Å². The van der Waals surface area contributed by atoms with Crippen molar-refractivity contribution in [1.29, 1.82) is 0 Å². The minimum atomic E-state index is -0.0363. The molecule has 6 rings (SSSR count). The summed E-state index contributed by atoms with van der Waals surface area (Å²) >= 11 is 0. The molecule has 0 spiro atoms. The standard InChI is InChI=1S/C23H32N2O2/c1-24(2)20-5-3-19(4-6-20)21-15-25(7-8-27-21)22(26)23-12-16-9-17(13-23)11-18(10-16)14-23/h3-6,16-18,21H,7-15H2,1-2H3. The zero-order valence-electron chi connectivity index (χ0n) is 16.7. The van der Waals surface area contributed by atoms with Crippen LogP contribution in [0.3, 0.4) is 0 Å². The van der Waals surface area contributed by atoms with E-state index < -0.39 is 0 Å². The second-order valence-electron chi connectivity index (χ2n) is 9.79. The van der Waals surface area contributed by atoms with E-state index >= 15 is 0 Å². The molecule has 1 aromatic carbocycles. The molecule has 0 aromatic heterocycles. The van der Waals surface area contributed by atoms with Crippen LogP contribution in [0.2, 0.25) is 0 Å². The van der Waals surface area contributed by atoms with Crippen LogP contribution >= 0.6 is 0 Å². The highest BCUT2D eigenvalue weighted by molar-refractivity contribution is 5.83. The van der Waals surface area contributed by atoms with Gasteiger partial charge in [-0.25, -0.2) is 0 Å². The first-order valence-corrected chi connectivity index (χ1v) is 10.7. The maximum atomic E-state index is 13.6. The predicted octanol–water partition coefficient (Wildman–Crippen LogP) is 3.87. The molecule has 4 saturated carbocycles. The van der Waals surface area contributed by atoms with Gasteiger partial charge in [-0.1, -0.05) is 12.1 Å². The zero-order valence-corrected chi connectivity index (χ0v) is 16.7. The molecule has 1 saturated heterocycles. The Hall–Kier alpha value is -1.55. The average molecular weight is 369 g/mol. The van der Waals surface area contributed by atoms with Crippen LogP contribution in [0.15, 0.2) is 24.3 Å². The van der Waals surface area contributed by atoms with E-state index in [1.54, 1.807) is 0 Å². The lowest BCUT2D eigenvalue weighted by Crippen LogP contribution is -2.56. The van der Waals surface area contributed by atoms with Gasteiger partial charge in [0.2, 0.25) is 5.91 Å². The molecule has 0 N–H and O–H groups in total. The maximum absolute atomic E-state index is 13.6. The van der Waals surface area contributed by atoms with Gasteiger partial charge in [0, 0.05) is 26.3 Å². The Kier molecular flexibility index (Phi) is 4.23. The van der Waals surface area contributed by atoms with Crippen molar-refractivity contribution in [2.24, 2.45) is 23.2 Å². The van der Waals surface area contributed by atoms with Gasteiger partial charge < -0.3 is 14.5 Å². The van der Waals surface area contributed by atoms with E-state index in [0.29, 0.717) is 19.1 Å². The second kappa shape index (κ2) is 6.51. The van der Waals surface area contributed by atoms with Gasteiger partial charge in [0.25, 0.3) is 0 Å². The molecule has 146 valence electrons. The summed E-state index contributed by atoms with van der Waals surface area (Å²) in [7, 11) is 4.11. The lowest BCUT2D eigenvalue weighted by atomic mass is 9.49. The van der Waals surface area contributed by atoms with Gasteiger partial charge in [0.05, 0.1) is 18.6 Å². The summed E-state index contributed by atoms with van der Waals surface area (Å²) in [6.07, 6.45) is 7.61. The Morgan fingerprint density at radius 1 is 1.04 bits per heavy atom. The summed E-state index contributed by atoms with van der Waals surface area (Å²) in [5.41, 5.74) is 2.34. The number of hydrogen-bond acceptors (Lipinski definition) is 3. The molecule has 1 unspecified atom stereocenters. The molecule has 4 aliphatic carbocycles. The number of carbonyl (C=O) groups is 1. The van der Waals surface area contributed by atoms with Crippen molar-refractivity contribution >= 4 is 11.6 Å². The van der Waals surface area contributed by atoms with E-state index in [0.717, 1.165) is 43.6 Å². The third-order valence-electron chi connectivity index (χ3n) is 7.63. The van der Waals surface area contributed by atoms with Gasteiger partial charge in [-0.3, -0.25) is 4.79 Å². The van der Waals surface area contributed by atoms with Crippen LogP contribution in [0, 0.1) is 23.2 Å². The Bertz CT molecular complexity index is 676. The van der Waals surface area contributed by atoms with Crippen molar-refractivity contribution in [1.82, 2.24) is 4.90 Å². The van der Waals surface area contributed by atoms with E-state index in [1.807, 2.05) is 0 Å². The smallest absolute Gasteiger partial charge is 0.228 e. The topological polar surface area (TPSA) is 32.8 Å². The van der Waals surface area contributed by atoms with Crippen LogP contribution in [0.1, 0.15) is 50.2 Å². The fourth-order valence-corrected chi connectivity index (χ4v) is 6.73. The molecule has 1 atom stereocenters. The van der Waals surface area contributed by atoms with Crippen molar-refractivity contribution in [3.8, 4) is 0 Å². The molecular formula is C23H32N2O2. The normalized spacial score (nSPS) is 37.5. The monoisotopic (exact) mass is 368 g/mol. The molecule has 5 fully saturated rings. The largest absolute Gasteiger partial charge is 0.378 e. The number of nitrogens with zero attached hydrogens (tertiary/aromatic N) is 2. The molecule has 1 amide bonds. The van der Waals surface area contributed by atoms with Crippen LogP contribution in [0.25, 0.3) is 0 Å². The molecule has 4 nitrogen and oxygen atoms in total. The fourth-order valence-electron chi connectivity index (χ4n) is 6.73. The lowest BCUT2D eigenvalue weighted by Gasteiger charge is -2.57. The number of hydrogen-bond donors (Lipinski definition) is 0. The van der Waals surface area contributed by atoms with E-state index in [9.17, 15) is 4.79 Å². The highest BCUT2D eigenvalue weighted by Gasteiger charge is 2.55. The highest BCUT2D eigenvalue weighted by atomic mass is 16.5. The molecular weight excluding hydrogens is 336 g/mol. The van der Waals surface area contributed by atoms with Crippen molar-refractivity contribution in [2.45, 2.75) is 44.6 Å². The molecule has 1 aliphatic heterocycles. The first kappa shape index (κ1) is 17.5. The van der Waals surface area contributed by atoms with Gasteiger partial charge in [-0.2, -0.15) is 0 Å². The summed E-state index contributed by atoms with van der Waals surface area (Å²) in [6.45, 7) is 2.12. The molecule has 27 heavy (non-hydrogen) atoms. The average Bonchev–Trinajstić information content (AvgIpc) is 2.66. The maximum Gasteiger partial charge on any atom is 0.228 e. The Balaban J connectivity index is 1.31. The Morgan fingerprint density at radius 3 is 2.19 bits per heavy atom. The number of morpholine rings is 1. The summed E-state index contributed by atoms with van der Waals surface area (Å²) in [6, 6.07) is 8.58. The summed E-state index contributed by atoms with van der Waals surface area (Å²) in [5.74, 6) is 2.89. The Morgan fingerprint density at radius 2 is 1.63 bits per heavy atom. The molecule has 1 aromatic rings. The SMILES string of the molecule is CN(C)c1ccc(C2CN(C(=O)C34CC5CC(CC(C5)C3)C4)CCO2)cc1. The molecule has 0 radical (unpaired) electrons. The van der Waals surface area contributed by atoms with Crippen LogP contribution in [-0.4, -0.2) is 44.6 Å². The van der Waals surface area contributed by atoms with Crippen LogP contribution in [0.5, 0.6) is 0 Å². The van der Waals surface area contributed by atoms with Gasteiger partial charge >= 0.3 is 0 Å². The molecule has 1 heterocycles. The first-order chi connectivity index (χ1) is 13.0. The van der Waals surface area contributed by atoms with Crippen LogP contribution < -0.4 is 4.90 Å². The summed E-state index contributed by atoms with van der Waals surface area (Å²) in [4.78, 5) is 17.9. The highest BCUT2D eigenvalue weighted by Crippen LogP contribution is 2.60. The van der Waals surface area contributed by atoms with E-state index in [-0.39, 0.29) is 11.5 Å². The molecule has 4 bridgehead atoms. The third kappa shape index (κ3) is 3.06. The second-order valence-corrected chi connectivity index (χ2v) is 9.79. The molecule has 4 heteroatoms. The quantitative estimate of drug-likeness (QED) is 0.812. The number of benzene rings is 1. The first-order valence-electron chi connectivity index (χ1n) is 10.7. The van der Waals surface area contributed by atoms with Crippen molar-refractivity contribution in [2.75, 3.05) is 38.7 Å².